The molecule has 2 aliphatic heterocycles. The van der Waals surface area contributed by atoms with Gasteiger partial charge in [0.25, 0.3) is 0 Å². The van der Waals surface area contributed by atoms with Crippen LogP contribution < -0.4 is 21.3 Å². The number of nitrogens with one attached hydrogen (secondary N) is 4. The number of hydrogen-bond donors (Lipinski definition) is 6. The van der Waals surface area contributed by atoms with E-state index < -0.39 is 0 Å². The van der Waals surface area contributed by atoms with Crippen molar-refractivity contribution < 1.29 is 10.2 Å². The first-order valence-electron chi connectivity index (χ1n) is 25.4. The van der Waals surface area contributed by atoms with Crippen LogP contribution in [0.3, 0.4) is 0 Å². The normalized spacial score (nSPS) is 24.5. The Hall–Kier alpha value is -4.50. The van der Waals surface area contributed by atoms with E-state index in [-0.39, 0.29) is 12.2 Å². The smallest absolute Gasteiger partial charge is 0.224 e. The quantitative estimate of drug-likeness (QED) is 0.0560. The Morgan fingerprint density at radius 2 is 0.970 bits per heavy atom. The summed E-state index contributed by atoms with van der Waals surface area (Å²) in [5.74, 6) is 4.41. The van der Waals surface area contributed by atoms with Gasteiger partial charge in [-0.2, -0.15) is 9.97 Å². The van der Waals surface area contributed by atoms with E-state index in [2.05, 4.69) is 107 Å². The molecule has 14 heteroatoms. The van der Waals surface area contributed by atoms with Gasteiger partial charge in [0.1, 0.15) is 11.6 Å². The first-order valence-corrected chi connectivity index (χ1v) is 25.4. The average Bonchev–Trinajstić information content (AvgIpc) is 3.92. The Morgan fingerprint density at radius 3 is 1.30 bits per heavy atom. The molecular formula is C52H80N12O2. The number of nitrogens with zero attached hydrogens (tertiary/aromatic N) is 8. The van der Waals surface area contributed by atoms with Gasteiger partial charge in [-0.3, -0.25) is 9.97 Å². The standard InChI is InChI=1S/2C26H40N6O/c2*1-4-5-18(2)29-26-28-16-23(25(31-26)30-21-7-9-22(33)10-8-21)24-11-6-19(15-27-24)14-20-12-13-32(3)17-20/h2*6,11,15-16,18,20-22,33H,4-5,7-10,12-14,17H2,1-3H3,(H2,28,29,30,31)/t18-,20+,21?,22?;18-,20-,21?,22?/m00/s1. The zero-order chi connectivity index (χ0) is 46.4. The van der Waals surface area contributed by atoms with Crippen molar-refractivity contribution in [1.82, 2.24) is 39.7 Å². The third-order valence-corrected chi connectivity index (χ3v) is 14.1. The van der Waals surface area contributed by atoms with Crippen molar-refractivity contribution in [2.24, 2.45) is 11.8 Å². The molecule has 8 rings (SSSR count). The Balaban J connectivity index is 0.000000196. The van der Waals surface area contributed by atoms with Gasteiger partial charge < -0.3 is 41.3 Å². The predicted octanol–water partition coefficient (Wildman–Crippen LogP) is 8.70. The fourth-order valence-corrected chi connectivity index (χ4v) is 10.2. The van der Waals surface area contributed by atoms with Crippen LogP contribution in [0, 0.1) is 11.8 Å². The molecule has 4 aliphatic rings. The van der Waals surface area contributed by atoms with Crippen LogP contribution in [0.5, 0.6) is 0 Å². The van der Waals surface area contributed by atoms with E-state index in [0.717, 1.165) is 136 Å². The summed E-state index contributed by atoms with van der Waals surface area (Å²) < 4.78 is 0. The highest BCUT2D eigenvalue weighted by Crippen LogP contribution is 2.32. The fraction of sp³-hybridized carbons (Fsp3) is 0.654. The van der Waals surface area contributed by atoms with Crippen LogP contribution in [0.4, 0.5) is 23.5 Å². The second-order valence-corrected chi connectivity index (χ2v) is 20.2. The lowest BCUT2D eigenvalue weighted by atomic mass is 9.93. The number of pyridine rings is 2. The average molecular weight is 905 g/mol. The Bertz CT molecular complexity index is 1910. The SMILES string of the molecule is CCC[C@H](C)Nc1ncc(-c2ccc(C[C@@H]3CCN(C)C3)cn2)c(NC2CCC(O)CC2)n1.CCC[C@H](C)Nc1ncc(-c2ccc(C[C@H]3CCN(C)C3)cn2)c(NC2CCC(O)CC2)n1. The van der Waals surface area contributed by atoms with Crippen molar-refractivity contribution in [2.75, 3.05) is 61.5 Å². The van der Waals surface area contributed by atoms with Gasteiger partial charge in [-0.1, -0.05) is 38.8 Å². The molecule has 2 saturated heterocycles. The maximum absolute atomic E-state index is 9.89. The molecule has 4 atom stereocenters. The molecule has 2 aliphatic carbocycles. The molecule has 6 N–H and O–H groups in total. The monoisotopic (exact) mass is 905 g/mol. The molecule has 4 aromatic heterocycles. The van der Waals surface area contributed by atoms with E-state index in [1.54, 1.807) is 0 Å². The van der Waals surface area contributed by atoms with Crippen molar-refractivity contribution >= 4 is 23.5 Å². The van der Waals surface area contributed by atoms with Crippen molar-refractivity contribution in [1.29, 1.82) is 0 Å². The fourth-order valence-electron chi connectivity index (χ4n) is 10.2. The number of likely N-dealkylation sites (tertiary alicyclic amines) is 2. The number of aromatic nitrogens is 6. The number of anilines is 4. The molecule has 0 amide bonds. The molecule has 0 spiro atoms. The number of aliphatic hydroxyl groups excluding tert-OH is 2. The maximum atomic E-state index is 9.89. The van der Waals surface area contributed by atoms with E-state index in [9.17, 15) is 10.2 Å². The number of hydrogen-bond acceptors (Lipinski definition) is 14. The summed E-state index contributed by atoms with van der Waals surface area (Å²) in [6.07, 6.45) is 23.7. The van der Waals surface area contributed by atoms with E-state index in [1.807, 2.05) is 24.8 Å². The number of aliphatic hydroxyl groups is 2. The van der Waals surface area contributed by atoms with Gasteiger partial charge in [0, 0.05) is 62.0 Å². The molecule has 6 heterocycles. The summed E-state index contributed by atoms with van der Waals surface area (Å²) in [7, 11) is 4.40. The minimum atomic E-state index is -0.172. The van der Waals surface area contributed by atoms with Gasteiger partial charge in [0.05, 0.1) is 34.7 Å². The summed E-state index contributed by atoms with van der Waals surface area (Å²) >= 11 is 0. The lowest BCUT2D eigenvalue weighted by Crippen LogP contribution is -2.29. The molecule has 0 radical (unpaired) electrons. The van der Waals surface area contributed by atoms with Crippen LogP contribution in [0.15, 0.2) is 49.1 Å². The Labute approximate surface area is 395 Å². The molecule has 4 aromatic rings. The predicted molar refractivity (Wildman–Crippen MR) is 269 cm³/mol. The van der Waals surface area contributed by atoms with Gasteiger partial charge >= 0.3 is 0 Å². The van der Waals surface area contributed by atoms with Crippen molar-refractivity contribution in [3.8, 4) is 22.5 Å². The van der Waals surface area contributed by atoms with Crippen molar-refractivity contribution in [2.45, 2.75) is 167 Å². The van der Waals surface area contributed by atoms with E-state index in [1.165, 1.54) is 50.1 Å². The highest BCUT2D eigenvalue weighted by atomic mass is 16.3. The maximum Gasteiger partial charge on any atom is 0.224 e. The highest BCUT2D eigenvalue weighted by molar-refractivity contribution is 5.74. The lowest BCUT2D eigenvalue weighted by Gasteiger charge is -2.27. The molecular weight excluding hydrogens is 825 g/mol. The zero-order valence-electron chi connectivity index (χ0n) is 40.9. The molecule has 0 aromatic carbocycles. The van der Waals surface area contributed by atoms with Crippen LogP contribution in [0.25, 0.3) is 22.5 Å². The number of rotatable bonds is 18. The lowest BCUT2D eigenvalue weighted by molar-refractivity contribution is 0.125. The minimum Gasteiger partial charge on any atom is -0.393 e. The topological polar surface area (TPSA) is 172 Å². The summed E-state index contributed by atoms with van der Waals surface area (Å²) in [5, 5.41) is 33.9. The van der Waals surface area contributed by atoms with Gasteiger partial charge in [-0.25, -0.2) is 9.97 Å². The Morgan fingerprint density at radius 1 is 0.561 bits per heavy atom. The second-order valence-electron chi connectivity index (χ2n) is 20.2. The van der Waals surface area contributed by atoms with Crippen molar-refractivity contribution in [3.05, 3.63) is 60.2 Å². The largest absolute Gasteiger partial charge is 0.393 e. The second kappa shape index (κ2) is 24.5. The summed E-state index contributed by atoms with van der Waals surface area (Å²) in [5.41, 5.74) is 6.25. The van der Waals surface area contributed by atoms with Crippen LogP contribution >= 0.6 is 0 Å². The zero-order valence-corrected chi connectivity index (χ0v) is 40.9. The first kappa shape index (κ1) is 49.4. The molecule has 14 nitrogen and oxygen atoms in total. The molecule has 2 saturated carbocycles. The van der Waals surface area contributed by atoms with Gasteiger partial charge in [-0.15, -0.1) is 0 Å². The Kier molecular flexibility index (Phi) is 18.3. The van der Waals surface area contributed by atoms with Crippen LogP contribution in [0.1, 0.15) is 129 Å². The molecule has 0 bridgehead atoms. The van der Waals surface area contributed by atoms with Gasteiger partial charge in [-0.05, 0) is 166 Å². The third kappa shape index (κ3) is 14.7. The van der Waals surface area contributed by atoms with Crippen LogP contribution in [0.2, 0.25) is 0 Å². The van der Waals surface area contributed by atoms with Crippen LogP contribution in [-0.2, 0) is 12.8 Å². The third-order valence-electron chi connectivity index (χ3n) is 14.1. The van der Waals surface area contributed by atoms with E-state index >= 15 is 0 Å². The minimum absolute atomic E-state index is 0.172. The summed E-state index contributed by atoms with van der Waals surface area (Å²) in [6, 6.07) is 9.89. The molecule has 4 fully saturated rings. The molecule has 360 valence electrons. The van der Waals surface area contributed by atoms with E-state index in [4.69, 9.17) is 19.9 Å². The summed E-state index contributed by atoms with van der Waals surface area (Å²) in [4.78, 5) is 33.3. The van der Waals surface area contributed by atoms with E-state index in [0.29, 0.717) is 36.1 Å². The highest BCUT2D eigenvalue weighted by Gasteiger charge is 2.25. The summed E-state index contributed by atoms with van der Waals surface area (Å²) in [6.45, 7) is 13.4. The van der Waals surface area contributed by atoms with Crippen LogP contribution in [-0.4, -0.2) is 127 Å². The van der Waals surface area contributed by atoms with Gasteiger partial charge in [0.15, 0.2) is 0 Å². The molecule has 66 heavy (non-hydrogen) atoms. The molecule has 0 unspecified atom stereocenters. The van der Waals surface area contributed by atoms with Gasteiger partial charge in [0.2, 0.25) is 11.9 Å². The first-order chi connectivity index (χ1) is 32.0. The van der Waals surface area contributed by atoms with Crippen molar-refractivity contribution in [3.63, 3.8) is 0 Å².